The van der Waals surface area contributed by atoms with Gasteiger partial charge in [0, 0.05) is 17.1 Å². The van der Waals surface area contributed by atoms with Gasteiger partial charge in [0.2, 0.25) is 5.91 Å². The number of thioether (sulfide) groups is 1. The number of benzene rings is 2. The maximum absolute atomic E-state index is 13.9. The van der Waals surface area contributed by atoms with Crippen LogP contribution in [-0.2, 0) is 17.6 Å². The van der Waals surface area contributed by atoms with Crippen molar-refractivity contribution in [3.8, 4) is 5.69 Å². The Labute approximate surface area is 213 Å². The van der Waals surface area contributed by atoms with Crippen molar-refractivity contribution in [3.05, 3.63) is 81.0 Å². The first-order valence-corrected chi connectivity index (χ1v) is 13.9. The lowest BCUT2D eigenvalue weighted by molar-refractivity contribution is -0.116. The molecule has 1 aliphatic rings. The van der Waals surface area contributed by atoms with E-state index in [1.807, 2.05) is 68.4 Å². The summed E-state index contributed by atoms with van der Waals surface area (Å²) < 4.78 is 1.69. The van der Waals surface area contributed by atoms with Crippen molar-refractivity contribution in [2.24, 2.45) is 5.92 Å². The van der Waals surface area contributed by atoms with Gasteiger partial charge in [0.1, 0.15) is 4.83 Å². The van der Waals surface area contributed by atoms with E-state index in [0.717, 1.165) is 46.4 Å². The Hall–Kier alpha value is -2.90. The Bertz CT molecular complexity index is 1440. The number of aromatic nitrogens is 2. The van der Waals surface area contributed by atoms with Gasteiger partial charge in [-0.3, -0.25) is 14.2 Å². The minimum atomic E-state index is -0.0331. The fraction of sp³-hybridized carbons (Fsp3) is 0.321. The third-order valence-electron chi connectivity index (χ3n) is 6.57. The summed E-state index contributed by atoms with van der Waals surface area (Å²) in [6, 6.07) is 17.6. The molecule has 0 N–H and O–H groups in total. The van der Waals surface area contributed by atoms with Gasteiger partial charge in [0.05, 0.1) is 16.8 Å². The quantitative estimate of drug-likeness (QED) is 0.238. The van der Waals surface area contributed by atoms with Crippen LogP contribution in [0.15, 0.2) is 64.5 Å². The second kappa shape index (κ2) is 9.99. The lowest BCUT2D eigenvalue weighted by Crippen LogP contribution is -2.32. The molecule has 1 aliphatic carbocycles. The van der Waals surface area contributed by atoms with Crippen LogP contribution in [-0.4, -0.2) is 27.8 Å². The van der Waals surface area contributed by atoms with Gasteiger partial charge in [-0.25, -0.2) is 4.98 Å². The number of thiophene rings is 1. The van der Waals surface area contributed by atoms with E-state index in [1.165, 1.54) is 22.2 Å². The number of nitrogens with zero attached hydrogens (tertiary/aromatic N) is 3. The van der Waals surface area contributed by atoms with Gasteiger partial charge in [-0.15, -0.1) is 11.3 Å². The van der Waals surface area contributed by atoms with E-state index in [0.29, 0.717) is 17.6 Å². The molecule has 0 aliphatic heterocycles. The largest absolute Gasteiger partial charge is 0.312 e. The van der Waals surface area contributed by atoms with Gasteiger partial charge < -0.3 is 4.90 Å². The van der Waals surface area contributed by atoms with Gasteiger partial charge >= 0.3 is 0 Å². The van der Waals surface area contributed by atoms with Crippen molar-refractivity contribution < 1.29 is 4.79 Å². The third-order valence-corrected chi connectivity index (χ3v) is 8.64. The summed E-state index contributed by atoms with van der Waals surface area (Å²) in [6.07, 6.45) is 3.03. The highest BCUT2D eigenvalue weighted by molar-refractivity contribution is 7.99. The van der Waals surface area contributed by atoms with Crippen molar-refractivity contribution in [3.63, 3.8) is 0 Å². The number of anilines is 1. The molecule has 0 fully saturated rings. The normalized spacial score (nSPS) is 15.2. The Morgan fingerprint density at radius 3 is 2.74 bits per heavy atom. The Morgan fingerprint density at radius 2 is 2.00 bits per heavy atom. The molecule has 5 rings (SSSR count). The van der Waals surface area contributed by atoms with E-state index in [9.17, 15) is 9.59 Å². The number of amides is 1. The van der Waals surface area contributed by atoms with Gasteiger partial charge in [-0.05, 0) is 74.4 Å². The van der Waals surface area contributed by atoms with Crippen LogP contribution in [0.3, 0.4) is 0 Å². The highest BCUT2D eigenvalue weighted by Crippen LogP contribution is 2.37. The molecule has 180 valence electrons. The molecule has 0 saturated heterocycles. The Kier molecular flexibility index (Phi) is 6.80. The van der Waals surface area contributed by atoms with Crippen LogP contribution in [0.1, 0.15) is 36.3 Å². The average Bonchev–Trinajstić information content (AvgIpc) is 3.21. The Morgan fingerprint density at radius 1 is 1.20 bits per heavy atom. The highest BCUT2D eigenvalue weighted by atomic mass is 32.2. The molecule has 0 bridgehead atoms. The summed E-state index contributed by atoms with van der Waals surface area (Å²) >= 11 is 2.98. The van der Waals surface area contributed by atoms with Crippen LogP contribution >= 0.6 is 23.1 Å². The van der Waals surface area contributed by atoms with E-state index in [-0.39, 0.29) is 17.2 Å². The summed E-state index contributed by atoms with van der Waals surface area (Å²) in [5.74, 6) is 0.825. The van der Waals surface area contributed by atoms with E-state index in [2.05, 4.69) is 6.92 Å². The molecule has 0 saturated carbocycles. The molecule has 1 atom stereocenters. The van der Waals surface area contributed by atoms with Crippen LogP contribution in [0, 0.1) is 12.8 Å². The minimum Gasteiger partial charge on any atom is -0.312 e. The van der Waals surface area contributed by atoms with Crippen LogP contribution < -0.4 is 10.5 Å². The number of para-hydroxylation sites is 1. The molecule has 2 heterocycles. The SMILES string of the molecule is CCN(C(=O)CSc1nc2sc3c(c2c(=O)n1-c1ccccc1)CCC(C)C3)c1cccc(C)c1. The molecule has 1 amide bonds. The average molecular weight is 504 g/mol. The number of carbonyl (C=O) groups is 1. The summed E-state index contributed by atoms with van der Waals surface area (Å²) in [6.45, 7) is 6.85. The maximum Gasteiger partial charge on any atom is 0.267 e. The van der Waals surface area contributed by atoms with Crippen molar-refractivity contribution >= 4 is 44.9 Å². The lowest BCUT2D eigenvalue weighted by atomic mass is 9.89. The standard InChI is InChI=1S/C28H29N3O2S2/c1-4-30(21-12-8-9-18(2)15-21)24(32)17-34-28-29-26-25(22-14-13-19(3)16-23(22)35-26)27(33)31(28)20-10-6-5-7-11-20/h5-12,15,19H,4,13-14,16-17H2,1-3H3. The van der Waals surface area contributed by atoms with Crippen LogP contribution in [0.5, 0.6) is 0 Å². The van der Waals surface area contributed by atoms with E-state index in [4.69, 9.17) is 4.98 Å². The zero-order chi connectivity index (χ0) is 24.5. The fourth-order valence-corrected chi connectivity index (χ4v) is 7.09. The molecule has 0 radical (unpaired) electrons. The molecule has 2 aromatic carbocycles. The van der Waals surface area contributed by atoms with Gasteiger partial charge in [0.15, 0.2) is 5.16 Å². The maximum atomic E-state index is 13.9. The summed E-state index contributed by atoms with van der Waals surface area (Å²) in [7, 11) is 0. The van der Waals surface area contributed by atoms with E-state index < -0.39 is 0 Å². The van der Waals surface area contributed by atoms with Crippen molar-refractivity contribution in [1.29, 1.82) is 0 Å². The van der Waals surface area contributed by atoms with Crippen molar-refractivity contribution in [2.45, 2.75) is 45.2 Å². The predicted octanol–water partition coefficient (Wildman–Crippen LogP) is 6.03. The first-order chi connectivity index (χ1) is 17.0. The summed E-state index contributed by atoms with van der Waals surface area (Å²) in [5.41, 5.74) is 3.92. The smallest absolute Gasteiger partial charge is 0.267 e. The molecule has 2 aromatic heterocycles. The molecule has 35 heavy (non-hydrogen) atoms. The topological polar surface area (TPSA) is 55.2 Å². The lowest BCUT2D eigenvalue weighted by Gasteiger charge is -2.21. The van der Waals surface area contributed by atoms with E-state index in [1.54, 1.807) is 20.8 Å². The monoisotopic (exact) mass is 503 g/mol. The van der Waals surface area contributed by atoms with Crippen molar-refractivity contribution in [1.82, 2.24) is 9.55 Å². The van der Waals surface area contributed by atoms with Crippen LogP contribution in [0.2, 0.25) is 0 Å². The number of rotatable bonds is 6. The first kappa shape index (κ1) is 23.8. The predicted molar refractivity (Wildman–Crippen MR) is 146 cm³/mol. The fourth-order valence-electron chi connectivity index (χ4n) is 4.78. The van der Waals surface area contributed by atoms with Gasteiger partial charge in [-0.2, -0.15) is 0 Å². The molecule has 4 aromatic rings. The van der Waals surface area contributed by atoms with Gasteiger partial charge in [-0.1, -0.05) is 49.0 Å². The number of carbonyl (C=O) groups excluding carboxylic acids is 1. The second-order valence-electron chi connectivity index (χ2n) is 9.17. The molecule has 7 heteroatoms. The molecular weight excluding hydrogens is 474 g/mol. The molecular formula is C28H29N3O2S2. The van der Waals surface area contributed by atoms with Gasteiger partial charge in [0.25, 0.3) is 5.56 Å². The van der Waals surface area contributed by atoms with Crippen molar-refractivity contribution in [2.75, 3.05) is 17.2 Å². The highest BCUT2D eigenvalue weighted by Gasteiger charge is 2.26. The van der Waals surface area contributed by atoms with E-state index >= 15 is 0 Å². The number of aryl methyl sites for hydroxylation is 2. The first-order valence-electron chi connectivity index (χ1n) is 12.1. The Balaban J connectivity index is 1.54. The molecule has 5 nitrogen and oxygen atoms in total. The minimum absolute atomic E-state index is 0.00337. The second-order valence-corrected chi connectivity index (χ2v) is 11.2. The number of hydrogen-bond acceptors (Lipinski definition) is 5. The summed E-state index contributed by atoms with van der Waals surface area (Å²) in [4.78, 5) is 36.0. The van der Waals surface area contributed by atoms with Crippen LogP contribution in [0.4, 0.5) is 5.69 Å². The van der Waals surface area contributed by atoms with Crippen LogP contribution in [0.25, 0.3) is 15.9 Å². The number of hydrogen-bond donors (Lipinski definition) is 0. The molecule has 1 unspecified atom stereocenters. The third kappa shape index (κ3) is 4.67. The zero-order valence-corrected chi connectivity index (χ0v) is 21.9. The number of fused-ring (bicyclic) bond motifs is 3. The summed E-state index contributed by atoms with van der Waals surface area (Å²) in [5, 5.41) is 1.32. The molecule has 0 spiro atoms. The zero-order valence-electron chi connectivity index (χ0n) is 20.3.